The van der Waals surface area contributed by atoms with Crippen LogP contribution in [0.25, 0.3) is 0 Å². The van der Waals surface area contributed by atoms with Crippen LogP contribution in [0.1, 0.15) is 56.7 Å². The number of unbranched alkanes of at least 4 members (excludes halogenated alkanes) is 1. The van der Waals surface area contributed by atoms with Gasteiger partial charge in [0.15, 0.2) is 0 Å². The van der Waals surface area contributed by atoms with Crippen molar-refractivity contribution in [3.63, 3.8) is 0 Å². The van der Waals surface area contributed by atoms with E-state index in [4.69, 9.17) is 0 Å². The summed E-state index contributed by atoms with van der Waals surface area (Å²) in [5.74, 6) is 0. The SMILES string of the molecule is CCCCc1ccc(C(CCC(F)(F)F)NCC)cc1. The monoisotopic (exact) mass is 287 g/mol. The first kappa shape index (κ1) is 17.0. The molecule has 0 aliphatic carbocycles. The van der Waals surface area contributed by atoms with Crippen molar-refractivity contribution >= 4 is 0 Å². The summed E-state index contributed by atoms with van der Waals surface area (Å²) in [6.45, 7) is 4.73. The van der Waals surface area contributed by atoms with E-state index in [0.29, 0.717) is 6.54 Å². The smallest absolute Gasteiger partial charge is 0.310 e. The van der Waals surface area contributed by atoms with Crippen molar-refractivity contribution in [1.29, 1.82) is 0 Å². The summed E-state index contributed by atoms with van der Waals surface area (Å²) in [6.07, 6.45) is -1.43. The summed E-state index contributed by atoms with van der Waals surface area (Å²) in [5.41, 5.74) is 2.19. The van der Waals surface area contributed by atoms with Crippen LogP contribution in [0.5, 0.6) is 0 Å². The molecule has 0 fully saturated rings. The van der Waals surface area contributed by atoms with Gasteiger partial charge in [-0.15, -0.1) is 0 Å². The topological polar surface area (TPSA) is 12.0 Å². The van der Waals surface area contributed by atoms with Crippen LogP contribution in [0.4, 0.5) is 13.2 Å². The van der Waals surface area contributed by atoms with E-state index < -0.39 is 12.6 Å². The predicted molar refractivity (Wildman–Crippen MR) is 76.8 cm³/mol. The molecule has 0 heterocycles. The fourth-order valence-electron chi connectivity index (χ4n) is 2.24. The lowest BCUT2D eigenvalue weighted by molar-refractivity contribution is -0.136. The Morgan fingerprint density at radius 1 is 1.10 bits per heavy atom. The summed E-state index contributed by atoms with van der Waals surface area (Å²) in [4.78, 5) is 0. The molecule has 114 valence electrons. The Morgan fingerprint density at radius 2 is 1.75 bits per heavy atom. The minimum atomic E-state index is -4.09. The van der Waals surface area contributed by atoms with Crippen molar-refractivity contribution in [3.8, 4) is 0 Å². The molecule has 20 heavy (non-hydrogen) atoms. The van der Waals surface area contributed by atoms with Crippen molar-refractivity contribution in [2.24, 2.45) is 0 Å². The Bertz CT molecular complexity index is 370. The zero-order valence-corrected chi connectivity index (χ0v) is 12.3. The van der Waals surface area contributed by atoms with E-state index in [9.17, 15) is 13.2 Å². The lowest BCUT2D eigenvalue weighted by Gasteiger charge is -2.19. The molecule has 1 aromatic carbocycles. The van der Waals surface area contributed by atoms with Crippen molar-refractivity contribution in [2.45, 2.75) is 58.2 Å². The first-order valence-electron chi connectivity index (χ1n) is 7.35. The van der Waals surface area contributed by atoms with Gasteiger partial charge in [0, 0.05) is 12.5 Å². The second-order valence-electron chi connectivity index (χ2n) is 5.11. The molecular formula is C16H24F3N. The van der Waals surface area contributed by atoms with Crippen LogP contribution < -0.4 is 5.32 Å². The first-order valence-corrected chi connectivity index (χ1v) is 7.35. The van der Waals surface area contributed by atoms with E-state index in [2.05, 4.69) is 12.2 Å². The highest BCUT2D eigenvalue weighted by Crippen LogP contribution is 2.27. The van der Waals surface area contributed by atoms with Crippen LogP contribution in [0, 0.1) is 0 Å². The number of nitrogens with one attached hydrogen (secondary N) is 1. The van der Waals surface area contributed by atoms with Gasteiger partial charge in [0.1, 0.15) is 0 Å². The molecular weight excluding hydrogens is 263 g/mol. The largest absolute Gasteiger partial charge is 0.389 e. The van der Waals surface area contributed by atoms with Crippen molar-refractivity contribution < 1.29 is 13.2 Å². The number of aryl methyl sites for hydroxylation is 1. The summed E-state index contributed by atoms with van der Waals surface area (Å²) in [7, 11) is 0. The minimum Gasteiger partial charge on any atom is -0.310 e. The molecule has 0 aromatic heterocycles. The van der Waals surface area contributed by atoms with E-state index in [1.165, 1.54) is 5.56 Å². The second kappa shape index (κ2) is 8.30. The molecule has 1 aromatic rings. The third-order valence-corrected chi connectivity index (χ3v) is 3.37. The lowest BCUT2D eigenvalue weighted by atomic mass is 9.99. The third kappa shape index (κ3) is 6.42. The maximum Gasteiger partial charge on any atom is 0.389 e. The molecule has 1 N–H and O–H groups in total. The van der Waals surface area contributed by atoms with E-state index in [1.54, 1.807) is 0 Å². The zero-order chi connectivity index (χ0) is 15.0. The molecule has 1 rings (SSSR count). The van der Waals surface area contributed by atoms with E-state index >= 15 is 0 Å². The van der Waals surface area contributed by atoms with Gasteiger partial charge in [-0.05, 0) is 36.9 Å². The van der Waals surface area contributed by atoms with E-state index in [0.717, 1.165) is 24.8 Å². The molecule has 0 saturated heterocycles. The molecule has 0 bridgehead atoms. The van der Waals surface area contributed by atoms with E-state index in [-0.39, 0.29) is 12.5 Å². The maximum absolute atomic E-state index is 12.3. The lowest BCUT2D eigenvalue weighted by Crippen LogP contribution is -2.23. The molecule has 1 nitrogen and oxygen atoms in total. The zero-order valence-electron chi connectivity index (χ0n) is 12.3. The summed E-state index contributed by atoms with van der Waals surface area (Å²) in [6, 6.07) is 7.75. The van der Waals surface area contributed by atoms with E-state index in [1.807, 2.05) is 31.2 Å². The first-order chi connectivity index (χ1) is 9.46. The number of benzene rings is 1. The van der Waals surface area contributed by atoms with Crippen molar-refractivity contribution in [3.05, 3.63) is 35.4 Å². The molecule has 0 spiro atoms. The molecule has 0 radical (unpaired) electrons. The standard InChI is InChI=1S/C16H24F3N/c1-3-5-6-13-7-9-14(10-8-13)15(20-4-2)11-12-16(17,18)19/h7-10,15,20H,3-6,11-12H2,1-2H3. The highest BCUT2D eigenvalue weighted by molar-refractivity contribution is 5.25. The molecule has 4 heteroatoms. The Balaban J connectivity index is 2.66. The Kier molecular flexibility index (Phi) is 7.06. The van der Waals surface area contributed by atoms with Gasteiger partial charge in [-0.3, -0.25) is 0 Å². The van der Waals surface area contributed by atoms with Gasteiger partial charge in [0.2, 0.25) is 0 Å². The van der Waals surface area contributed by atoms with Crippen molar-refractivity contribution in [2.75, 3.05) is 6.54 Å². The number of hydrogen-bond donors (Lipinski definition) is 1. The Hall–Kier alpha value is -1.03. The molecule has 1 unspecified atom stereocenters. The molecule has 0 amide bonds. The quantitative estimate of drug-likeness (QED) is 0.707. The normalized spacial score (nSPS) is 13.4. The second-order valence-corrected chi connectivity index (χ2v) is 5.11. The summed E-state index contributed by atoms with van der Waals surface area (Å²) in [5, 5.41) is 3.13. The Morgan fingerprint density at radius 3 is 2.25 bits per heavy atom. The molecule has 0 aliphatic rings. The van der Waals surface area contributed by atoms with Gasteiger partial charge >= 0.3 is 6.18 Å². The van der Waals surface area contributed by atoms with Crippen molar-refractivity contribution in [1.82, 2.24) is 5.32 Å². The fourth-order valence-corrected chi connectivity index (χ4v) is 2.24. The van der Waals surface area contributed by atoms with Gasteiger partial charge < -0.3 is 5.32 Å². The van der Waals surface area contributed by atoms with Crippen LogP contribution in [0.15, 0.2) is 24.3 Å². The van der Waals surface area contributed by atoms with Gasteiger partial charge in [0.05, 0.1) is 0 Å². The number of halogens is 3. The van der Waals surface area contributed by atoms with Crippen LogP contribution >= 0.6 is 0 Å². The van der Waals surface area contributed by atoms with Crippen LogP contribution in [-0.4, -0.2) is 12.7 Å². The number of hydrogen-bond acceptors (Lipinski definition) is 1. The highest BCUT2D eigenvalue weighted by atomic mass is 19.4. The third-order valence-electron chi connectivity index (χ3n) is 3.37. The van der Waals surface area contributed by atoms with Crippen LogP contribution in [0.2, 0.25) is 0 Å². The summed E-state index contributed by atoms with van der Waals surface area (Å²) < 4.78 is 37.0. The average molecular weight is 287 g/mol. The molecule has 1 atom stereocenters. The Labute approximate surface area is 119 Å². The number of alkyl halides is 3. The minimum absolute atomic E-state index is 0.0889. The predicted octanol–water partition coefficient (Wildman–Crippen LogP) is 5.02. The van der Waals surface area contributed by atoms with Crippen LogP contribution in [-0.2, 0) is 6.42 Å². The number of rotatable bonds is 8. The van der Waals surface area contributed by atoms with Gasteiger partial charge in [-0.25, -0.2) is 0 Å². The highest BCUT2D eigenvalue weighted by Gasteiger charge is 2.28. The van der Waals surface area contributed by atoms with Gasteiger partial charge in [0.25, 0.3) is 0 Å². The van der Waals surface area contributed by atoms with Gasteiger partial charge in [-0.2, -0.15) is 13.2 Å². The molecule has 0 aliphatic heterocycles. The van der Waals surface area contributed by atoms with Crippen LogP contribution in [0.3, 0.4) is 0 Å². The average Bonchev–Trinajstić information content (AvgIpc) is 2.41. The van der Waals surface area contributed by atoms with Gasteiger partial charge in [-0.1, -0.05) is 44.5 Å². The fraction of sp³-hybridized carbons (Fsp3) is 0.625. The maximum atomic E-state index is 12.3. The molecule has 0 saturated carbocycles. The summed E-state index contributed by atoms with van der Waals surface area (Å²) >= 11 is 0.